The lowest BCUT2D eigenvalue weighted by molar-refractivity contribution is 0.0428. The number of hydrogen-bond donors (Lipinski definition) is 4. The van der Waals surface area contributed by atoms with Gasteiger partial charge >= 0.3 is 0 Å². The van der Waals surface area contributed by atoms with Crippen molar-refractivity contribution in [3.05, 3.63) is 107 Å². The topological polar surface area (TPSA) is 146 Å². The van der Waals surface area contributed by atoms with Gasteiger partial charge in [0.15, 0.2) is 0 Å². The highest BCUT2D eigenvalue weighted by Crippen LogP contribution is 2.35. The molecular weight excluding hydrogens is 494 g/mol. The van der Waals surface area contributed by atoms with Crippen molar-refractivity contribution in [2.45, 2.75) is 5.92 Å². The third kappa shape index (κ3) is 5.66. The van der Waals surface area contributed by atoms with E-state index in [9.17, 15) is 23.6 Å². The summed E-state index contributed by atoms with van der Waals surface area (Å²) in [5, 5.41) is 20.8. The fourth-order valence-corrected chi connectivity index (χ4v) is 3.57. The molecule has 0 radical (unpaired) electrons. The summed E-state index contributed by atoms with van der Waals surface area (Å²) in [4.78, 5) is 25.6. The van der Waals surface area contributed by atoms with Gasteiger partial charge in [-0.15, -0.1) is 0 Å². The van der Waals surface area contributed by atoms with Crippen LogP contribution in [0.2, 0.25) is 0 Å². The van der Waals surface area contributed by atoms with E-state index >= 15 is 0 Å². The predicted molar refractivity (Wildman–Crippen MR) is 136 cm³/mol. The molecule has 0 unspecified atom stereocenters. The summed E-state index contributed by atoms with van der Waals surface area (Å²) in [5.41, 5.74) is 5.64. The molecule has 0 spiro atoms. The molecule has 4 aromatic rings. The molecule has 11 heteroatoms. The Balaban J connectivity index is 1.45. The maximum absolute atomic E-state index is 14.8. The van der Waals surface area contributed by atoms with E-state index in [1.807, 2.05) is 6.07 Å². The lowest BCUT2D eigenvalue weighted by Gasteiger charge is -2.17. The van der Waals surface area contributed by atoms with Crippen molar-refractivity contribution in [1.82, 2.24) is 10.2 Å². The third-order valence-electron chi connectivity index (χ3n) is 5.49. The van der Waals surface area contributed by atoms with Gasteiger partial charge in [-0.05, 0) is 30.3 Å². The highest BCUT2D eigenvalue weighted by molar-refractivity contribution is 6.11. The first-order chi connectivity index (χ1) is 18.3. The molecule has 0 aliphatic carbocycles. The number of anilines is 2. The van der Waals surface area contributed by atoms with Gasteiger partial charge in [-0.1, -0.05) is 42.5 Å². The van der Waals surface area contributed by atoms with Gasteiger partial charge in [0.25, 0.3) is 17.7 Å². The Morgan fingerprint density at radius 2 is 1.71 bits per heavy atom. The summed E-state index contributed by atoms with van der Waals surface area (Å²) >= 11 is 0. The number of aromatic nitrogens is 2. The first-order valence-corrected chi connectivity index (χ1v) is 11.4. The van der Waals surface area contributed by atoms with Crippen LogP contribution in [-0.4, -0.2) is 35.2 Å². The first-order valence-electron chi connectivity index (χ1n) is 11.4. The minimum atomic E-state index is -3.20. The second kappa shape index (κ2) is 11.3. The number of carbonyl (C=O) groups excluding carboxylic acids is 2. The number of alkyl halides is 2. The molecule has 4 rings (SSSR count). The quantitative estimate of drug-likeness (QED) is 0.261. The third-order valence-corrected chi connectivity index (χ3v) is 5.49. The van der Waals surface area contributed by atoms with Crippen molar-refractivity contribution in [1.29, 1.82) is 5.26 Å². The summed E-state index contributed by atoms with van der Waals surface area (Å²) in [5.74, 6) is -4.14. The summed E-state index contributed by atoms with van der Waals surface area (Å²) in [6, 6.07) is 18.9. The van der Waals surface area contributed by atoms with E-state index in [1.165, 1.54) is 72.9 Å². The van der Waals surface area contributed by atoms with Crippen molar-refractivity contribution < 1.29 is 23.1 Å². The Morgan fingerprint density at radius 1 is 1.00 bits per heavy atom. The standard InChI is InChI=1S/C27H22F2N6O3/c28-27(29,19-4-2-1-3-5-19)20-7-9-21(10-8-20)33-26(37)24-22(16-32-35-24)34-25(36)17-6-11-23(38-13-12-30)18(14-17)15-31/h1-11,14,16H,12-13,30H2,(H,32,35)(H,33,37)(H,34,36). The number of halogens is 2. The van der Waals surface area contributed by atoms with E-state index in [1.54, 1.807) is 6.07 Å². The van der Waals surface area contributed by atoms with Crippen molar-refractivity contribution in [2.75, 3.05) is 23.8 Å². The molecule has 0 saturated heterocycles. The SMILES string of the molecule is N#Cc1cc(C(=O)Nc2cn[nH]c2C(=O)Nc2ccc(C(F)(F)c3ccccc3)cc2)ccc1OCCN. The Hall–Kier alpha value is -5.08. The fourth-order valence-electron chi connectivity index (χ4n) is 3.57. The number of hydrogen-bond acceptors (Lipinski definition) is 6. The van der Waals surface area contributed by atoms with E-state index in [-0.39, 0.29) is 52.5 Å². The number of nitrogens with one attached hydrogen (secondary N) is 3. The molecule has 5 N–H and O–H groups in total. The van der Waals surface area contributed by atoms with Crippen molar-refractivity contribution >= 4 is 23.2 Å². The number of ether oxygens (including phenoxy) is 1. The molecule has 0 saturated carbocycles. The van der Waals surface area contributed by atoms with Gasteiger partial charge in [0.2, 0.25) is 0 Å². The summed E-state index contributed by atoms with van der Waals surface area (Å²) in [7, 11) is 0. The van der Waals surface area contributed by atoms with Crippen LogP contribution >= 0.6 is 0 Å². The number of nitriles is 1. The molecule has 3 aromatic carbocycles. The van der Waals surface area contributed by atoms with Gasteiger partial charge in [-0.25, -0.2) is 0 Å². The smallest absolute Gasteiger partial charge is 0.298 e. The average Bonchev–Trinajstić information content (AvgIpc) is 3.40. The van der Waals surface area contributed by atoms with Crippen LogP contribution < -0.4 is 21.1 Å². The van der Waals surface area contributed by atoms with Crippen LogP contribution in [0, 0.1) is 11.3 Å². The molecule has 9 nitrogen and oxygen atoms in total. The van der Waals surface area contributed by atoms with Crippen LogP contribution in [0.3, 0.4) is 0 Å². The van der Waals surface area contributed by atoms with Gasteiger partial charge in [0, 0.05) is 28.9 Å². The number of carbonyl (C=O) groups is 2. The molecule has 0 aliphatic heterocycles. The molecule has 192 valence electrons. The number of rotatable bonds is 9. The van der Waals surface area contributed by atoms with Gasteiger partial charge in [-0.3, -0.25) is 14.7 Å². The highest BCUT2D eigenvalue weighted by Gasteiger charge is 2.33. The van der Waals surface area contributed by atoms with Crippen LogP contribution in [0.4, 0.5) is 20.2 Å². The molecule has 0 atom stereocenters. The second-order valence-corrected chi connectivity index (χ2v) is 8.04. The van der Waals surface area contributed by atoms with Crippen LogP contribution in [-0.2, 0) is 5.92 Å². The molecule has 1 aromatic heterocycles. The number of aromatic amines is 1. The van der Waals surface area contributed by atoms with Crippen molar-refractivity contribution in [3.63, 3.8) is 0 Å². The fraction of sp³-hybridized carbons (Fsp3) is 0.111. The number of nitrogens with zero attached hydrogens (tertiary/aromatic N) is 2. The zero-order chi connectivity index (χ0) is 27.1. The second-order valence-electron chi connectivity index (χ2n) is 8.04. The van der Waals surface area contributed by atoms with E-state index in [0.29, 0.717) is 5.75 Å². The lowest BCUT2D eigenvalue weighted by Crippen LogP contribution is -2.18. The van der Waals surface area contributed by atoms with E-state index in [4.69, 9.17) is 10.5 Å². The Bertz CT molecular complexity index is 1480. The zero-order valence-electron chi connectivity index (χ0n) is 19.9. The lowest BCUT2D eigenvalue weighted by atomic mass is 10.0. The molecule has 2 amide bonds. The van der Waals surface area contributed by atoms with E-state index < -0.39 is 17.7 Å². The number of H-pyrrole nitrogens is 1. The van der Waals surface area contributed by atoms with Crippen LogP contribution in [0.15, 0.2) is 79.0 Å². The zero-order valence-corrected chi connectivity index (χ0v) is 19.9. The molecule has 1 heterocycles. The normalized spacial score (nSPS) is 10.9. The van der Waals surface area contributed by atoms with Crippen LogP contribution in [0.1, 0.15) is 37.5 Å². The maximum atomic E-state index is 14.8. The van der Waals surface area contributed by atoms with E-state index in [0.717, 1.165) is 0 Å². The monoisotopic (exact) mass is 516 g/mol. The summed E-state index contributed by atoms with van der Waals surface area (Å²) in [6.45, 7) is 0.481. The number of amides is 2. The maximum Gasteiger partial charge on any atom is 0.298 e. The van der Waals surface area contributed by atoms with E-state index in [2.05, 4.69) is 20.8 Å². The van der Waals surface area contributed by atoms with Crippen molar-refractivity contribution in [2.24, 2.45) is 5.73 Å². The van der Waals surface area contributed by atoms with Crippen molar-refractivity contribution in [3.8, 4) is 11.8 Å². The Labute approximate surface area is 216 Å². The van der Waals surface area contributed by atoms with Crippen LogP contribution in [0.25, 0.3) is 0 Å². The molecule has 0 fully saturated rings. The molecule has 0 aliphatic rings. The molecule has 0 bridgehead atoms. The summed E-state index contributed by atoms with van der Waals surface area (Å²) < 4.78 is 34.9. The Kier molecular flexibility index (Phi) is 7.74. The average molecular weight is 517 g/mol. The largest absolute Gasteiger partial charge is 0.491 e. The first kappa shape index (κ1) is 26.0. The number of benzene rings is 3. The number of nitrogens with two attached hydrogens (primary N) is 1. The van der Waals surface area contributed by atoms with Crippen LogP contribution in [0.5, 0.6) is 5.75 Å². The molecular formula is C27H22F2N6O3. The van der Waals surface area contributed by atoms with Gasteiger partial charge in [0.05, 0.1) is 17.4 Å². The Morgan fingerprint density at radius 3 is 2.39 bits per heavy atom. The predicted octanol–water partition coefficient (Wildman–Crippen LogP) is 4.26. The van der Waals surface area contributed by atoms with Gasteiger partial charge < -0.3 is 21.1 Å². The highest BCUT2D eigenvalue weighted by atomic mass is 19.3. The van der Waals surface area contributed by atoms with Gasteiger partial charge in [0.1, 0.15) is 24.1 Å². The summed E-state index contributed by atoms with van der Waals surface area (Å²) in [6.07, 6.45) is 1.25. The molecule has 38 heavy (non-hydrogen) atoms. The van der Waals surface area contributed by atoms with Gasteiger partial charge in [-0.2, -0.15) is 19.1 Å². The minimum absolute atomic E-state index is 0.0551. The minimum Gasteiger partial charge on any atom is -0.491 e.